The van der Waals surface area contributed by atoms with E-state index in [0.717, 1.165) is 28.8 Å². The van der Waals surface area contributed by atoms with Crippen LogP contribution in [0.5, 0.6) is 0 Å². The van der Waals surface area contributed by atoms with Gasteiger partial charge in [0.05, 0.1) is 30.3 Å². The summed E-state index contributed by atoms with van der Waals surface area (Å²) in [5, 5.41) is 19.9. The summed E-state index contributed by atoms with van der Waals surface area (Å²) in [6.07, 6.45) is 1.44. The average molecular weight is 594 g/mol. The minimum atomic E-state index is -0.808. The van der Waals surface area contributed by atoms with Gasteiger partial charge >= 0.3 is 0 Å². The lowest BCUT2D eigenvalue weighted by atomic mass is 10.0. The number of aliphatic hydroxyl groups excluding tert-OH is 1. The van der Waals surface area contributed by atoms with Gasteiger partial charge in [-0.15, -0.1) is 0 Å². The molecule has 3 aromatic rings. The zero-order chi connectivity index (χ0) is 29.4. The number of nitrogens with zero attached hydrogens (tertiary/aromatic N) is 3. The van der Waals surface area contributed by atoms with Gasteiger partial charge in [-0.2, -0.15) is 5.26 Å². The molecule has 1 amide bonds. The fourth-order valence-corrected chi connectivity index (χ4v) is 5.59. The van der Waals surface area contributed by atoms with Crippen molar-refractivity contribution < 1.29 is 14.7 Å². The van der Waals surface area contributed by atoms with Crippen LogP contribution in [0.25, 0.3) is 11.1 Å². The van der Waals surface area contributed by atoms with E-state index in [9.17, 15) is 20.0 Å². The highest BCUT2D eigenvalue weighted by Gasteiger charge is 2.24. The molecule has 1 aliphatic heterocycles. The van der Waals surface area contributed by atoms with Crippen molar-refractivity contribution >= 4 is 34.9 Å². The van der Waals surface area contributed by atoms with Crippen LogP contribution in [0.4, 0.5) is 0 Å². The van der Waals surface area contributed by atoms with Crippen molar-refractivity contribution in [1.29, 1.82) is 5.26 Å². The Balaban J connectivity index is 1.41. The molecule has 1 heterocycles. The third kappa shape index (κ3) is 9.12. The molecule has 1 aliphatic rings. The standard InChI is InChI=1S/C32H34Cl2N4O3/c33-27-15-24(16-28(34)18-27)17-30(36)31(40)21-38(32(41)10-12-37-11-9-29(39)20-37)13-8-22-4-6-25(7-5-22)26-3-1-2-23(14-26)19-35/h1-7,14-16,18,29-30,39H,8-13,17,20-21,36H2/t29-,30?/m0/s1. The topological polar surface area (TPSA) is 111 Å². The number of carbonyl (C=O) groups is 2. The SMILES string of the molecule is N#Cc1cccc(-c2ccc(CCN(CC(=O)C(N)Cc3cc(Cl)cc(Cl)c3)C(=O)CCN3CC[C@H](O)C3)cc2)c1. The number of rotatable bonds is 12. The minimum absolute atomic E-state index is 0.0873. The Morgan fingerprint density at radius 3 is 2.44 bits per heavy atom. The second kappa shape index (κ2) is 14.6. The van der Waals surface area contributed by atoms with Crippen LogP contribution < -0.4 is 5.73 Å². The molecule has 1 unspecified atom stereocenters. The Morgan fingerprint density at radius 1 is 1.05 bits per heavy atom. The highest BCUT2D eigenvalue weighted by atomic mass is 35.5. The molecule has 41 heavy (non-hydrogen) atoms. The third-order valence-electron chi connectivity index (χ3n) is 7.33. The van der Waals surface area contributed by atoms with Gasteiger partial charge in [-0.25, -0.2) is 0 Å². The number of amides is 1. The van der Waals surface area contributed by atoms with Crippen molar-refractivity contribution in [2.24, 2.45) is 5.73 Å². The summed E-state index contributed by atoms with van der Waals surface area (Å²) in [5.74, 6) is -0.360. The van der Waals surface area contributed by atoms with Crippen LogP contribution in [0.3, 0.4) is 0 Å². The van der Waals surface area contributed by atoms with E-state index >= 15 is 0 Å². The molecule has 0 spiro atoms. The zero-order valence-corrected chi connectivity index (χ0v) is 24.3. The van der Waals surface area contributed by atoms with Gasteiger partial charge in [0, 0.05) is 42.6 Å². The number of Topliss-reactive ketones (excluding diaryl/α,β-unsaturated/α-hetero) is 1. The van der Waals surface area contributed by atoms with Crippen LogP contribution >= 0.6 is 23.2 Å². The molecular weight excluding hydrogens is 559 g/mol. The number of ketones is 1. The average Bonchev–Trinajstić information content (AvgIpc) is 3.38. The van der Waals surface area contributed by atoms with Crippen molar-refractivity contribution in [2.45, 2.75) is 37.8 Å². The lowest BCUT2D eigenvalue weighted by Crippen LogP contribution is -2.44. The summed E-state index contributed by atoms with van der Waals surface area (Å²) >= 11 is 12.2. The Kier molecular flexibility index (Phi) is 10.9. The maximum absolute atomic E-state index is 13.3. The quantitative estimate of drug-likeness (QED) is 0.320. The molecule has 0 radical (unpaired) electrons. The van der Waals surface area contributed by atoms with E-state index < -0.39 is 6.04 Å². The van der Waals surface area contributed by atoms with Gasteiger partial charge in [-0.1, -0.05) is 59.6 Å². The highest BCUT2D eigenvalue weighted by molar-refractivity contribution is 6.34. The summed E-state index contributed by atoms with van der Waals surface area (Å²) in [6.45, 7) is 2.12. The predicted molar refractivity (Wildman–Crippen MR) is 162 cm³/mol. The van der Waals surface area contributed by atoms with E-state index in [0.29, 0.717) is 48.1 Å². The molecule has 0 aliphatic carbocycles. The van der Waals surface area contributed by atoms with Gasteiger partial charge in [0.2, 0.25) is 5.91 Å². The summed E-state index contributed by atoms with van der Waals surface area (Å²) in [4.78, 5) is 30.1. The second-order valence-corrected chi connectivity index (χ2v) is 11.4. The molecule has 0 bridgehead atoms. The molecular formula is C32H34Cl2N4O3. The number of nitrogens with two attached hydrogens (primary N) is 1. The van der Waals surface area contributed by atoms with Crippen LogP contribution in [0, 0.1) is 11.3 Å². The fourth-order valence-electron chi connectivity index (χ4n) is 5.02. The van der Waals surface area contributed by atoms with E-state index in [-0.39, 0.29) is 37.2 Å². The molecule has 1 saturated heterocycles. The number of nitriles is 1. The lowest BCUT2D eigenvalue weighted by Gasteiger charge is -2.25. The van der Waals surface area contributed by atoms with Crippen molar-refractivity contribution in [3.63, 3.8) is 0 Å². The summed E-state index contributed by atoms with van der Waals surface area (Å²) < 4.78 is 0. The normalized spacial score (nSPS) is 15.8. The van der Waals surface area contributed by atoms with E-state index in [1.54, 1.807) is 29.2 Å². The highest BCUT2D eigenvalue weighted by Crippen LogP contribution is 2.22. The number of β-amino-alcohol motifs (C(OH)–C–C–N with tert-alkyl or cyclic N) is 1. The number of likely N-dealkylation sites (tertiary alicyclic amines) is 1. The molecule has 0 saturated carbocycles. The van der Waals surface area contributed by atoms with Crippen molar-refractivity contribution in [1.82, 2.24) is 9.80 Å². The first-order chi connectivity index (χ1) is 19.7. The van der Waals surface area contributed by atoms with Gasteiger partial charge in [0.15, 0.2) is 5.78 Å². The van der Waals surface area contributed by atoms with Crippen LogP contribution in [0.1, 0.15) is 29.5 Å². The van der Waals surface area contributed by atoms with E-state index in [1.807, 2.05) is 42.5 Å². The lowest BCUT2D eigenvalue weighted by molar-refractivity contribution is -0.136. The maximum atomic E-state index is 13.3. The van der Waals surface area contributed by atoms with Crippen molar-refractivity contribution in [3.05, 3.63) is 93.5 Å². The third-order valence-corrected chi connectivity index (χ3v) is 7.77. The van der Waals surface area contributed by atoms with Crippen molar-refractivity contribution in [3.8, 4) is 17.2 Å². The van der Waals surface area contributed by atoms with Crippen molar-refractivity contribution in [2.75, 3.05) is 32.7 Å². The summed E-state index contributed by atoms with van der Waals surface area (Å²) in [5.41, 5.74) is 10.6. The van der Waals surface area contributed by atoms with Gasteiger partial charge in [-0.3, -0.25) is 9.59 Å². The first-order valence-electron chi connectivity index (χ1n) is 13.7. The molecule has 2 atom stereocenters. The zero-order valence-electron chi connectivity index (χ0n) is 22.8. The maximum Gasteiger partial charge on any atom is 0.224 e. The number of hydrogen-bond acceptors (Lipinski definition) is 6. The monoisotopic (exact) mass is 592 g/mol. The van der Waals surface area contributed by atoms with Crippen LogP contribution in [-0.4, -0.2) is 71.5 Å². The van der Waals surface area contributed by atoms with Gasteiger partial charge in [0.1, 0.15) is 0 Å². The van der Waals surface area contributed by atoms with Gasteiger partial charge in [0.25, 0.3) is 0 Å². The molecule has 214 valence electrons. The first kappa shape index (κ1) is 30.7. The number of benzene rings is 3. The first-order valence-corrected chi connectivity index (χ1v) is 14.5. The molecule has 4 rings (SSSR count). The summed E-state index contributed by atoms with van der Waals surface area (Å²) in [6, 6.07) is 21.9. The Bertz CT molecular complexity index is 1390. The number of carbonyl (C=O) groups excluding carboxylic acids is 2. The summed E-state index contributed by atoms with van der Waals surface area (Å²) in [7, 11) is 0. The smallest absolute Gasteiger partial charge is 0.224 e. The van der Waals surface area contributed by atoms with Crippen LogP contribution in [0.15, 0.2) is 66.7 Å². The van der Waals surface area contributed by atoms with E-state index in [2.05, 4.69) is 11.0 Å². The number of halogens is 2. The molecule has 3 aromatic carbocycles. The van der Waals surface area contributed by atoms with Gasteiger partial charge < -0.3 is 20.6 Å². The number of hydrogen-bond donors (Lipinski definition) is 2. The molecule has 1 fully saturated rings. The number of aliphatic hydroxyl groups is 1. The van der Waals surface area contributed by atoms with Crippen LogP contribution in [0.2, 0.25) is 10.0 Å². The van der Waals surface area contributed by atoms with E-state index in [4.69, 9.17) is 28.9 Å². The Labute approximate surface area is 251 Å². The molecule has 3 N–H and O–H groups in total. The molecule has 0 aromatic heterocycles. The second-order valence-electron chi connectivity index (χ2n) is 10.5. The van der Waals surface area contributed by atoms with Crippen LogP contribution in [-0.2, 0) is 22.4 Å². The predicted octanol–water partition coefficient (Wildman–Crippen LogP) is 4.50. The largest absolute Gasteiger partial charge is 0.392 e. The fraction of sp³-hybridized carbons (Fsp3) is 0.344. The Hall–Kier alpha value is -3.25. The van der Waals surface area contributed by atoms with Gasteiger partial charge in [-0.05, 0) is 71.8 Å². The molecule has 7 nitrogen and oxygen atoms in total. The van der Waals surface area contributed by atoms with E-state index in [1.165, 1.54) is 0 Å². The molecule has 9 heteroatoms. The Morgan fingerprint density at radius 2 is 1.78 bits per heavy atom. The minimum Gasteiger partial charge on any atom is -0.392 e.